The lowest BCUT2D eigenvalue weighted by atomic mass is 9.87. The Labute approximate surface area is 117 Å². The number of allylic oxidation sites excluding steroid dienone is 8. The minimum atomic E-state index is -0.437. The predicted molar refractivity (Wildman–Crippen MR) is 75.1 cm³/mol. The highest BCUT2D eigenvalue weighted by atomic mass is 16.2. The molecule has 2 rings (SSSR count). The maximum Gasteiger partial charge on any atom is 0.225 e. The van der Waals surface area contributed by atoms with Crippen molar-refractivity contribution in [1.82, 2.24) is 0 Å². The molecule has 4 nitrogen and oxygen atoms in total. The van der Waals surface area contributed by atoms with E-state index in [2.05, 4.69) is 0 Å². The van der Waals surface area contributed by atoms with Crippen LogP contribution in [-0.4, -0.2) is 23.1 Å². The summed E-state index contributed by atoms with van der Waals surface area (Å²) in [5.41, 5.74) is 2.34. The van der Waals surface area contributed by atoms with Gasteiger partial charge >= 0.3 is 0 Å². The highest BCUT2D eigenvalue weighted by Crippen LogP contribution is 2.23. The van der Waals surface area contributed by atoms with Crippen LogP contribution in [0.2, 0.25) is 0 Å². The summed E-state index contributed by atoms with van der Waals surface area (Å²) in [6, 6.07) is 0. The fourth-order valence-electron chi connectivity index (χ4n) is 1.69. The SMILES string of the molecule is CC1=C(C)C(=O)C(C)=C(C)C1=O.O=C1C=CC=CC1=O. The van der Waals surface area contributed by atoms with Gasteiger partial charge in [0.2, 0.25) is 11.6 Å². The van der Waals surface area contributed by atoms with Crippen LogP contribution in [0, 0.1) is 0 Å². The average molecular weight is 272 g/mol. The normalized spacial score (nSPS) is 18.6. The molecular weight excluding hydrogens is 256 g/mol. The fraction of sp³-hybridized carbons (Fsp3) is 0.250. The molecule has 2 aliphatic rings. The Balaban J connectivity index is 0.000000217. The number of hydrogen-bond acceptors (Lipinski definition) is 4. The second kappa shape index (κ2) is 6.19. The molecule has 0 amide bonds. The molecule has 0 atom stereocenters. The second-order valence-corrected chi connectivity index (χ2v) is 4.60. The first kappa shape index (κ1) is 15.7. The van der Waals surface area contributed by atoms with Crippen LogP contribution in [-0.2, 0) is 19.2 Å². The third-order valence-corrected chi connectivity index (χ3v) is 3.34. The van der Waals surface area contributed by atoms with Crippen LogP contribution in [0.1, 0.15) is 27.7 Å². The Bertz CT molecular complexity index is 541. The zero-order valence-electron chi connectivity index (χ0n) is 11.9. The van der Waals surface area contributed by atoms with Gasteiger partial charge in [-0.2, -0.15) is 0 Å². The van der Waals surface area contributed by atoms with Crippen LogP contribution in [0.15, 0.2) is 46.6 Å². The van der Waals surface area contributed by atoms with E-state index in [0.717, 1.165) is 0 Å². The highest BCUT2D eigenvalue weighted by molar-refractivity contribution is 6.46. The largest absolute Gasteiger partial charge is 0.289 e. The van der Waals surface area contributed by atoms with Gasteiger partial charge in [0.05, 0.1) is 0 Å². The fourth-order valence-corrected chi connectivity index (χ4v) is 1.69. The Morgan fingerprint density at radius 2 is 0.800 bits per heavy atom. The van der Waals surface area contributed by atoms with E-state index in [1.807, 2.05) is 0 Å². The summed E-state index contributed by atoms with van der Waals surface area (Å²) in [6.07, 6.45) is 5.60. The molecule has 0 aromatic carbocycles. The van der Waals surface area contributed by atoms with E-state index in [1.54, 1.807) is 39.8 Å². The minimum Gasteiger partial charge on any atom is -0.289 e. The topological polar surface area (TPSA) is 68.3 Å². The molecule has 0 saturated heterocycles. The summed E-state index contributed by atoms with van der Waals surface area (Å²) in [6.45, 7) is 6.80. The Morgan fingerprint density at radius 1 is 0.550 bits per heavy atom. The summed E-state index contributed by atoms with van der Waals surface area (Å²) in [5, 5.41) is 0. The lowest BCUT2D eigenvalue weighted by Gasteiger charge is -2.15. The summed E-state index contributed by atoms with van der Waals surface area (Å²) in [5.74, 6) is -0.866. The summed E-state index contributed by atoms with van der Waals surface area (Å²) < 4.78 is 0. The van der Waals surface area contributed by atoms with Crippen LogP contribution in [0.25, 0.3) is 0 Å². The van der Waals surface area contributed by atoms with Crippen molar-refractivity contribution in [2.24, 2.45) is 0 Å². The van der Waals surface area contributed by atoms with Crippen LogP contribution in [0.3, 0.4) is 0 Å². The van der Waals surface area contributed by atoms with Crippen molar-refractivity contribution >= 4 is 23.1 Å². The highest BCUT2D eigenvalue weighted by Gasteiger charge is 2.24. The maximum atomic E-state index is 11.4. The molecule has 0 N–H and O–H groups in total. The molecular formula is C16H16O4. The predicted octanol–water partition coefficient (Wildman–Crippen LogP) is 2.06. The van der Waals surface area contributed by atoms with Gasteiger partial charge in [-0.25, -0.2) is 0 Å². The molecule has 0 heterocycles. The maximum absolute atomic E-state index is 11.4. The molecule has 2 aliphatic carbocycles. The Morgan fingerprint density at radius 3 is 1.00 bits per heavy atom. The van der Waals surface area contributed by atoms with Gasteiger partial charge in [-0.05, 0) is 39.8 Å². The zero-order chi connectivity index (χ0) is 15.4. The van der Waals surface area contributed by atoms with Gasteiger partial charge in [-0.3, -0.25) is 19.2 Å². The Kier molecular flexibility index (Phi) is 4.86. The van der Waals surface area contributed by atoms with E-state index >= 15 is 0 Å². The van der Waals surface area contributed by atoms with Gasteiger partial charge in [0.15, 0.2) is 11.6 Å². The van der Waals surface area contributed by atoms with Gasteiger partial charge in [0.25, 0.3) is 0 Å². The van der Waals surface area contributed by atoms with E-state index in [-0.39, 0.29) is 11.6 Å². The number of hydrogen-bond donors (Lipinski definition) is 0. The molecule has 20 heavy (non-hydrogen) atoms. The summed E-state index contributed by atoms with van der Waals surface area (Å²) >= 11 is 0. The molecule has 0 aromatic heterocycles. The van der Waals surface area contributed by atoms with E-state index < -0.39 is 11.6 Å². The van der Waals surface area contributed by atoms with Crippen molar-refractivity contribution in [3.8, 4) is 0 Å². The number of ketones is 4. The van der Waals surface area contributed by atoms with Crippen molar-refractivity contribution in [1.29, 1.82) is 0 Å². The van der Waals surface area contributed by atoms with E-state index in [9.17, 15) is 19.2 Å². The lowest BCUT2D eigenvalue weighted by molar-refractivity contribution is -0.131. The molecule has 0 radical (unpaired) electrons. The standard InChI is InChI=1S/C10H12O2.C6H4O2/c1-5-6(2)10(12)8(4)7(3)9(5)11;7-5-3-1-2-4-6(5)8/h1-4H3;1-4H. The molecule has 0 spiro atoms. The molecule has 104 valence electrons. The van der Waals surface area contributed by atoms with E-state index in [0.29, 0.717) is 22.3 Å². The number of Topliss-reactive ketones (excluding diaryl/α,β-unsaturated/α-hetero) is 2. The summed E-state index contributed by atoms with van der Waals surface area (Å²) in [4.78, 5) is 43.5. The quantitative estimate of drug-likeness (QED) is 0.384. The van der Waals surface area contributed by atoms with Gasteiger partial charge < -0.3 is 0 Å². The van der Waals surface area contributed by atoms with Crippen LogP contribution < -0.4 is 0 Å². The molecule has 4 heteroatoms. The van der Waals surface area contributed by atoms with Crippen LogP contribution in [0.5, 0.6) is 0 Å². The zero-order valence-corrected chi connectivity index (χ0v) is 11.9. The first-order chi connectivity index (χ1) is 9.27. The summed E-state index contributed by atoms with van der Waals surface area (Å²) in [7, 11) is 0. The van der Waals surface area contributed by atoms with Gasteiger partial charge in [-0.15, -0.1) is 0 Å². The Hall–Kier alpha value is -2.36. The second-order valence-electron chi connectivity index (χ2n) is 4.60. The first-order valence-electron chi connectivity index (χ1n) is 6.14. The third kappa shape index (κ3) is 3.15. The average Bonchev–Trinajstić information content (AvgIpc) is 2.45. The third-order valence-electron chi connectivity index (χ3n) is 3.34. The number of carbonyl (C=O) groups excluding carboxylic acids is 4. The minimum absolute atomic E-state index is 0.00426. The van der Waals surface area contributed by atoms with Gasteiger partial charge in [0.1, 0.15) is 0 Å². The molecule has 0 bridgehead atoms. The molecule has 0 aliphatic heterocycles. The molecule has 0 unspecified atom stereocenters. The lowest BCUT2D eigenvalue weighted by Crippen LogP contribution is -2.18. The number of carbonyl (C=O) groups is 4. The smallest absolute Gasteiger partial charge is 0.225 e. The molecule has 0 aromatic rings. The van der Waals surface area contributed by atoms with Crippen LogP contribution in [0.4, 0.5) is 0 Å². The van der Waals surface area contributed by atoms with E-state index in [1.165, 1.54) is 12.2 Å². The monoisotopic (exact) mass is 272 g/mol. The van der Waals surface area contributed by atoms with Gasteiger partial charge in [0, 0.05) is 22.3 Å². The van der Waals surface area contributed by atoms with Crippen molar-refractivity contribution in [2.75, 3.05) is 0 Å². The van der Waals surface area contributed by atoms with Crippen molar-refractivity contribution in [2.45, 2.75) is 27.7 Å². The van der Waals surface area contributed by atoms with Gasteiger partial charge in [-0.1, -0.05) is 12.2 Å². The van der Waals surface area contributed by atoms with Crippen molar-refractivity contribution < 1.29 is 19.2 Å². The molecule has 0 saturated carbocycles. The van der Waals surface area contributed by atoms with E-state index in [4.69, 9.17) is 0 Å². The number of rotatable bonds is 0. The van der Waals surface area contributed by atoms with Crippen LogP contribution >= 0.6 is 0 Å². The first-order valence-corrected chi connectivity index (χ1v) is 6.14. The van der Waals surface area contributed by atoms with Crippen molar-refractivity contribution in [3.05, 3.63) is 46.6 Å². The van der Waals surface area contributed by atoms with Crippen molar-refractivity contribution in [3.63, 3.8) is 0 Å². The molecule has 0 fully saturated rings.